The van der Waals surface area contributed by atoms with Crippen molar-refractivity contribution < 1.29 is 23.4 Å². The Labute approximate surface area is 120 Å². The van der Waals surface area contributed by atoms with Crippen LogP contribution in [0.25, 0.3) is 0 Å². The van der Waals surface area contributed by atoms with Gasteiger partial charge in [-0.05, 0) is 25.2 Å². The van der Waals surface area contributed by atoms with Gasteiger partial charge in [-0.1, -0.05) is 13.8 Å². The molecule has 1 fully saturated rings. The summed E-state index contributed by atoms with van der Waals surface area (Å²) in [6, 6.07) is -0.352. The molecule has 0 spiro atoms. The predicted molar refractivity (Wildman–Crippen MR) is 74.3 cm³/mol. The molecule has 1 saturated heterocycles. The first-order valence-corrected chi connectivity index (χ1v) is 8.33. The van der Waals surface area contributed by atoms with E-state index >= 15 is 0 Å². The second-order valence-electron chi connectivity index (χ2n) is 5.52. The van der Waals surface area contributed by atoms with Crippen molar-refractivity contribution in [3.8, 4) is 0 Å². The number of aliphatic hydroxyl groups is 1. The van der Waals surface area contributed by atoms with Crippen LogP contribution in [-0.2, 0) is 15.0 Å². The first kappa shape index (κ1) is 17.4. The van der Waals surface area contributed by atoms with Gasteiger partial charge in [-0.15, -0.1) is 0 Å². The average molecular weight is 308 g/mol. The summed E-state index contributed by atoms with van der Waals surface area (Å²) in [4.78, 5) is 11.0. The largest absolute Gasteiger partial charge is 0.481 e. The van der Waals surface area contributed by atoms with Crippen molar-refractivity contribution in [2.75, 3.05) is 19.7 Å². The van der Waals surface area contributed by atoms with Gasteiger partial charge in [0.2, 0.25) is 0 Å². The van der Waals surface area contributed by atoms with Crippen LogP contribution in [0.15, 0.2) is 0 Å². The van der Waals surface area contributed by atoms with E-state index in [-0.39, 0.29) is 25.1 Å². The molecule has 7 nitrogen and oxygen atoms in total. The molecule has 2 atom stereocenters. The molecule has 118 valence electrons. The number of hydrogen-bond donors (Lipinski definition) is 3. The SMILES string of the molecule is CC(C)C(CCO)NS(=O)(=O)N1CCCC(C(=O)O)C1. The van der Waals surface area contributed by atoms with Crippen LogP contribution in [0.4, 0.5) is 0 Å². The summed E-state index contributed by atoms with van der Waals surface area (Å²) in [7, 11) is -3.71. The third-order valence-corrected chi connectivity index (χ3v) is 5.23. The molecule has 0 aromatic heterocycles. The lowest BCUT2D eigenvalue weighted by Gasteiger charge is -2.32. The van der Waals surface area contributed by atoms with Gasteiger partial charge in [0.1, 0.15) is 0 Å². The summed E-state index contributed by atoms with van der Waals surface area (Å²) in [6.07, 6.45) is 1.39. The highest BCUT2D eigenvalue weighted by atomic mass is 32.2. The molecule has 0 aromatic carbocycles. The Balaban J connectivity index is 2.74. The fourth-order valence-corrected chi connectivity index (χ4v) is 3.96. The van der Waals surface area contributed by atoms with Crippen LogP contribution in [0.3, 0.4) is 0 Å². The number of nitrogens with one attached hydrogen (secondary N) is 1. The second-order valence-corrected chi connectivity index (χ2v) is 7.22. The number of carboxylic acids is 1. The highest BCUT2D eigenvalue weighted by Gasteiger charge is 2.33. The smallest absolute Gasteiger partial charge is 0.307 e. The van der Waals surface area contributed by atoms with Gasteiger partial charge in [0.25, 0.3) is 10.2 Å². The summed E-state index contributed by atoms with van der Waals surface area (Å²) >= 11 is 0. The number of aliphatic carboxylic acids is 1. The number of nitrogens with zero attached hydrogens (tertiary/aromatic N) is 1. The maximum atomic E-state index is 12.3. The molecule has 8 heteroatoms. The van der Waals surface area contributed by atoms with Gasteiger partial charge in [-0.2, -0.15) is 17.4 Å². The highest BCUT2D eigenvalue weighted by Crippen LogP contribution is 2.19. The number of carbonyl (C=O) groups is 1. The molecule has 0 aliphatic carbocycles. The zero-order chi connectivity index (χ0) is 15.3. The standard InChI is InChI=1S/C12H24N2O5S/c1-9(2)11(5-7-15)13-20(18,19)14-6-3-4-10(8-14)12(16)17/h9-11,13,15H,3-8H2,1-2H3,(H,16,17). The van der Waals surface area contributed by atoms with Gasteiger partial charge in [0, 0.05) is 25.7 Å². The Kier molecular flexibility index (Phi) is 6.38. The van der Waals surface area contributed by atoms with E-state index in [1.807, 2.05) is 13.8 Å². The monoisotopic (exact) mass is 308 g/mol. The van der Waals surface area contributed by atoms with E-state index < -0.39 is 22.1 Å². The van der Waals surface area contributed by atoms with Crippen molar-refractivity contribution in [3.05, 3.63) is 0 Å². The van der Waals surface area contributed by atoms with E-state index in [1.165, 1.54) is 4.31 Å². The Morgan fingerprint density at radius 3 is 2.60 bits per heavy atom. The van der Waals surface area contributed by atoms with Crippen molar-refractivity contribution >= 4 is 16.2 Å². The summed E-state index contributed by atoms with van der Waals surface area (Å²) in [5.41, 5.74) is 0. The molecular weight excluding hydrogens is 284 g/mol. The maximum Gasteiger partial charge on any atom is 0.307 e. The van der Waals surface area contributed by atoms with E-state index in [0.717, 1.165) is 0 Å². The normalized spacial score (nSPS) is 22.9. The maximum absolute atomic E-state index is 12.3. The van der Waals surface area contributed by atoms with E-state index in [1.54, 1.807) is 0 Å². The molecule has 1 heterocycles. The van der Waals surface area contributed by atoms with Crippen LogP contribution < -0.4 is 4.72 Å². The summed E-state index contributed by atoms with van der Waals surface area (Å²) in [5, 5.41) is 18.0. The van der Waals surface area contributed by atoms with Crippen LogP contribution in [0.1, 0.15) is 33.1 Å². The third kappa shape index (κ3) is 4.69. The minimum atomic E-state index is -3.71. The van der Waals surface area contributed by atoms with Gasteiger partial charge in [0.15, 0.2) is 0 Å². The van der Waals surface area contributed by atoms with E-state index in [9.17, 15) is 13.2 Å². The molecule has 1 aliphatic rings. The van der Waals surface area contributed by atoms with E-state index in [2.05, 4.69) is 4.72 Å². The Hall–Kier alpha value is -0.700. The van der Waals surface area contributed by atoms with Gasteiger partial charge < -0.3 is 10.2 Å². The van der Waals surface area contributed by atoms with Gasteiger partial charge in [-0.25, -0.2) is 0 Å². The Morgan fingerprint density at radius 1 is 1.45 bits per heavy atom. The lowest BCUT2D eigenvalue weighted by molar-refractivity contribution is -0.142. The predicted octanol–water partition coefficient (Wildman–Crippen LogP) is 0.0244. The minimum Gasteiger partial charge on any atom is -0.481 e. The zero-order valence-corrected chi connectivity index (χ0v) is 12.8. The zero-order valence-electron chi connectivity index (χ0n) is 11.9. The van der Waals surface area contributed by atoms with Crippen molar-refractivity contribution in [3.63, 3.8) is 0 Å². The lowest BCUT2D eigenvalue weighted by atomic mass is 10.0. The average Bonchev–Trinajstić information content (AvgIpc) is 2.38. The number of carboxylic acid groups (broad SMARTS) is 1. The van der Waals surface area contributed by atoms with E-state index in [0.29, 0.717) is 25.8 Å². The van der Waals surface area contributed by atoms with Gasteiger partial charge in [0.05, 0.1) is 5.92 Å². The Bertz CT molecular complexity index is 424. The lowest BCUT2D eigenvalue weighted by Crippen LogP contribution is -2.51. The molecule has 0 aromatic rings. The third-order valence-electron chi connectivity index (χ3n) is 3.62. The summed E-state index contributed by atoms with van der Waals surface area (Å²) in [5.74, 6) is -1.55. The first-order valence-electron chi connectivity index (χ1n) is 6.89. The number of piperidine rings is 1. The number of rotatable bonds is 7. The molecule has 0 bridgehead atoms. The first-order chi connectivity index (χ1) is 9.27. The van der Waals surface area contributed by atoms with Crippen molar-refractivity contribution in [1.29, 1.82) is 0 Å². The van der Waals surface area contributed by atoms with Gasteiger partial charge >= 0.3 is 5.97 Å². The van der Waals surface area contributed by atoms with Crippen LogP contribution in [0.5, 0.6) is 0 Å². The second kappa shape index (κ2) is 7.35. The molecule has 0 saturated carbocycles. The van der Waals surface area contributed by atoms with E-state index in [4.69, 9.17) is 10.2 Å². The van der Waals surface area contributed by atoms with Crippen LogP contribution in [-0.4, -0.2) is 54.6 Å². The quantitative estimate of drug-likeness (QED) is 0.615. The molecule has 3 N–H and O–H groups in total. The van der Waals surface area contributed by atoms with Crippen LogP contribution in [0.2, 0.25) is 0 Å². The van der Waals surface area contributed by atoms with Crippen LogP contribution in [0, 0.1) is 11.8 Å². The van der Waals surface area contributed by atoms with Gasteiger partial charge in [-0.3, -0.25) is 4.79 Å². The fourth-order valence-electron chi connectivity index (χ4n) is 2.30. The fraction of sp³-hybridized carbons (Fsp3) is 0.917. The van der Waals surface area contributed by atoms with Crippen molar-refractivity contribution in [1.82, 2.24) is 9.03 Å². The molecule has 0 amide bonds. The topological polar surface area (TPSA) is 107 Å². The molecular formula is C12H24N2O5S. The summed E-state index contributed by atoms with van der Waals surface area (Å²) in [6.45, 7) is 4.00. The minimum absolute atomic E-state index is 0.00854. The van der Waals surface area contributed by atoms with Crippen molar-refractivity contribution in [2.45, 2.75) is 39.2 Å². The highest BCUT2D eigenvalue weighted by molar-refractivity contribution is 7.87. The molecule has 1 aliphatic heterocycles. The number of hydrogen-bond acceptors (Lipinski definition) is 4. The number of aliphatic hydroxyl groups excluding tert-OH is 1. The molecule has 20 heavy (non-hydrogen) atoms. The Morgan fingerprint density at radius 2 is 2.10 bits per heavy atom. The summed E-state index contributed by atoms with van der Waals surface area (Å²) < 4.78 is 28.3. The molecule has 0 radical (unpaired) electrons. The molecule has 1 rings (SSSR count). The van der Waals surface area contributed by atoms with Crippen LogP contribution >= 0.6 is 0 Å². The molecule has 2 unspecified atom stereocenters. The van der Waals surface area contributed by atoms with Crippen molar-refractivity contribution in [2.24, 2.45) is 11.8 Å².